The van der Waals surface area contributed by atoms with Crippen molar-refractivity contribution in [2.75, 3.05) is 46.6 Å². The Bertz CT molecular complexity index is 2060. The first-order valence-corrected chi connectivity index (χ1v) is 18.8. The summed E-state index contributed by atoms with van der Waals surface area (Å²) in [6.07, 6.45) is 0.268. The molecule has 54 heavy (non-hydrogen) atoms. The summed E-state index contributed by atoms with van der Waals surface area (Å²) in [7, 11) is 2.87. The average molecular weight is 766 g/mol. The predicted octanol–water partition coefficient (Wildman–Crippen LogP) is 2.80. The maximum Gasteiger partial charge on any atom is 0.338 e. The molecule has 0 aromatic heterocycles. The number of phenolic OH excluding ortho intramolecular Hbond substituents is 2. The van der Waals surface area contributed by atoms with Crippen LogP contribution in [0.3, 0.4) is 0 Å². The number of nitrogens with one attached hydrogen (secondary N) is 2. The van der Waals surface area contributed by atoms with Gasteiger partial charge in [-0.1, -0.05) is 6.07 Å². The summed E-state index contributed by atoms with van der Waals surface area (Å²) in [5, 5.41) is 52.4. The topological polar surface area (TPSA) is 198 Å². The van der Waals surface area contributed by atoms with E-state index < -0.39 is 47.1 Å². The smallest absolute Gasteiger partial charge is 0.338 e. The van der Waals surface area contributed by atoms with E-state index in [1.165, 1.54) is 45.0 Å². The maximum absolute atomic E-state index is 14.2. The number of hydrogen-bond acceptors (Lipinski definition) is 16. The van der Waals surface area contributed by atoms with E-state index in [1.54, 1.807) is 6.92 Å². The van der Waals surface area contributed by atoms with E-state index in [9.17, 15) is 30.0 Å². The number of rotatable bonds is 4. The summed E-state index contributed by atoms with van der Waals surface area (Å²) in [6, 6.07) is 2.06. The van der Waals surface area contributed by atoms with Crippen molar-refractivity contribution in [1.29, 1.82) is 0 Å². The largest absolute Gasteiger partial charge is 0.504 e. The third kappa shape index (κ3) is 5.61. The van der Waals surface area contributed by atoms with Crippen LogP contribution in [0.5, 0.6) is 40.2 Å². The lowest BCUT2D eigenvalue weighted by Crippen LogP contribution is -2.69. The summed E-state index contributed by atoms with van der Waals surface area (Å²) in [6.45, 7) is 4.32. The number of benzene rings is 3. The van der Waals surface area contributed by atoms with Gasteiger partial charge in [0.15, 0.2) is 34.5 Å². The van der Waals surface area contributed by atoms with Gasteiger partial charge in [-0.05, 0) is 49.1 Å². The first-order valence-electron chi connectivity index (χ1n) is 17.7. The first-order chi connectivity index (χ1) is 25.9. The van der Waals surface area contributed by atoms with E-state index in [4.69, 9.17) is 28.4 Å². The number of carbonyl (C=O) groups excluding carboxylic acids is 2. The monoisotopic (exact) mass is 765 g/mol. The van der Waals surface area contributed by atoms with Gasteiger partial charge in [0.1, 0.15) is 18.1 Å². The molecule has 7 aliphatic heterocycles. The SMILES string of the molecule is COc1cc2c(cc1O)CC(CO)NCS[C@@H]1c3c(OC(C)=O)c(C)c4c(c3[C@H](COC2=O)N2[C@@H]1[C@@H]1NC[C@@]2(O)Cc2cc(C)c(OC)c(O)c21)OCO4. The van der Waals surface area contributed by atoms with Crippen molar-refractivity contribution in [2.45, 2.75) is 68.8 Å². The summed E-state index contributed by atoms with van der Waals surface area (Å²) >= 11 is 1.47. The minimum Gasteiger partial charge on any atom is -0.504 e. The molecular formula is C38H43N3O12S. The molecule has 1 fully saturated rings. The molecule has 0 aliphatic carbocycles. The van der Waals surface area contributed by atoms with Crippen molar-refractivity contribution in [3.8, 4) is 40.2 Å². The number of hydrogen-bond donors (Lipinski definition) is 6. The number of nitrogens with zero attached hydrogens (tertiary/aromatic N) is 1. The third-order valence-electron chi connectivity index (χ3n) is 11.2. The second-order valence-electron chi connectivity index (χ2n) is 14.3. The van der Waals surface area contributed by atoms with Gasteiger partial charge in [0, 0.05) is 60.1 Å². The van der Waals surface area contributed by atoms with Gasteiger partial charge in [0.25, 0.3) is 0 Å². The molecular weight excluding hydrogens is 722 g/mol. The van der Waals surface area contributed by atoms with Crippen LogP contribution < -0.4 is 34.3 Å². The molecule has 7 heterocycles. The summed E-state index contributed by atoms with van der Waals surface area (Å²) in [5.74, 6) is 0.176. The van der Waals surface area contributed by atoms with Crippen LogP contribution in [-0.4, -0.2) is 102 Å². The lowest BCUT2D eigenvalue weighted by Gasteiger charge is -2.58. The Labute approximate surface area is 315 Å². The number of aliphatic hydroxyl groups excluding tert-OH is 1. The van der Waals surface area contributed by atoms with Crippen LogP contribution in [0.4, 0.5) is 0 Å². The van der Waals surface area contributed by atoms with E-state index in [2.05, 4.69) is 10.6 Å². The van der Waals surface area contributed by atoms with Crippen LogP contribution >= 0.6 is 11.8 Å². The zero-order valence-electron chi connectivity index (χ0n) is 30.5. The first kappa shape index (κ1) is 36.5. The van der Waals surface area contributed by atoms with Crippen LogP contribution in [0.25, 0.3) is 0 Å². The quantitative estimate of drug-likeness (QED) is 0.167. The van der Waals surface area contributed by atoms with Crippen molar-refractivity contribution < 1.29 is 58.4 Å². The summed E-state index contributed by atoms with van der Waals surface area (Å²) in [5.41, 5.74) is 2.64. The molecule has 0 spiro atoms. The highest BCUT2D eigenvalue weighted by Crippen LogP contribution is 2.63. The standard InChI is InChI=1S/C38H43N3O12S/c1-16-6-20-10-38(47)13-39-29(26(20)31(45)32(16)49-5)30-36-28-27(35-34(51-15-52-35)17(2)33(28)53-18(3)43)23(41(30)38)12-50-37(46)22-9-25(48-4)24(44)8-19(22)7-21(11-42)40-14-54-36/h6,8-9,21,23,29-30,36,39-40,42,44-45,47H,7,10-15H2,1-5H3/t21?,23-,29+,30+,36+,38-/m0/s1. The van der Waals surface area contributed by atoms with Crippen molar-refractivity contribution >= 4 is 23.7 Å². The Hall–Kier alpha value is -4.45. The van der Waals surface area contributed by atoms with E-state index in [0.29, 0.717) is 50.6 Å². The Kier molecular flexibility index (Phi) is 9.26. The number of methoxy groups -OCH3 is 2. The summed E-state index contributed by atoms with van der Waals surface area (Å²) < 4.78 is 35.4. The number of piperazine rings is 1. The van der Waals surface area contributed by atoms with E-state index in [-0.39, 0.29) is 73.8 Å². The number of carbonyl (C=O) groups is 2. The van der Waals surface area contributed by atoms with Gasteiger partial charge >= 0.3 is 11.9 Å². The molecule has 3 aromatic carbocycles. The number of aliphatic hydroxyl groups is 2. The Balaban J connectivity index is 1.40. The minimum absolute atomic E-state index is 0.0441. The van der Waals surface area contributed by atoms with Gasteiger partial charge in [-0.15, -0.1) is 11.8 Å². The number of aromatic hydroxyl groups is 2. The number of thioether (sulfide) groups is 1. The van der Waals surface area contributed by atoms with Crippen molar-refractivity contribution in [3.05, 3.63) is 62.7 Å². The minimum atomic E-state index is -1.60. The van der Waals surface area contributed by atoms with Gasteiger partial charge in [-0.25, -0.2) is 4.79 Å². The number of ether oxygens (including phenoxy) is 6. The third-order valence-corrected chi connectivity index (χ3v) is 12.4. The molecule has 1 saturated heterocycles. The molecule has 7 atom stereocenters. The molecule has 2 unspecified atom stereocenters. The highest BCUT2D eigenvalue weighted by Gasteiger charge is 2.61. The Morgan fingerprint density at radius 3 is 2.52 bits per heavy atom. The van der Waals surface area contributed by atoms with Crippen molar-refractivity contribution in [2.24, 2.45) is 0 Å². The number of esters is 2. The van der Waals surface area contributed by atoms with E-state index >= 15 is 0 Å². The van der Waals surface area contributed by atoms with Crippen molar-refractivity contribution in [3.63, 3.8) is 0 Å². The maximum atomic E-state index is 14.2. The van der Waals surface area contributed by atoms with E-state index in [0.717, 1.165) is 5.56 Å². The van der Waals surface area contributed by atoms with Crippen LogP contribution in [0.15, 0.2) is 18.2 Å². The molecule has 7 aliphatic rings. The fourth-order valence-corrected chi connectivity index (χ4v) is 10.4. The highest BCUT2D eigenvalue weighted by molar-refractivity contribution is 7.99. The Morgan fingerprint density at radius 1 is 1.02 bits per heavy atom. The molecule has 0 amide bonds. The predicted molar refractivity (Wildman–Crippen MR) is 194 cm³/mol. The second kappa shape index (κ2) is 13.7. The molecule has 15 nitrogen and oxygen atoms in total. The van der Waals surface area contributed by atoms with Gasteiger partial charge in [0.05, 0.1) is 43.7 Å². The molecule has 10 rings (SSSR count). The van der Waals surface area contributed by atoms with Crippen molar-refractivity contribution in [1.82, 2.24) is 15.5 Å². The molecule has 288 valence electrons. The molecule has 4 bridgehead atoms. The molecule has 6 N–H and O–H groups in total. The molecule has 3 aromatic rings. The van der Waals surface area contributed by atoms with Gasteiger partial charge in [0.2, 0.25) is 6.79 Å². The van der Waals surface area contributed by atoms with Crippen LogP contribution in [0, 0.1) is 13.8 Å². The molecule has 0 saturated carbocycles. The van der Waals surface area contributed by atoms with Gasteiger partial charge in [-0.3, -0.25) is 9.69 Å². The van der Waals surface area contributed by atoms with Gasteiger partial charge in [-0.2, -0.15) is 0 Å². The van der Waals surface area contributed by atoms with Crippen LogP contribution in [0.2, 0.25) is 0 Å². The zero-order chi connectivity index (χ0) is 38.2. The lowest BCUT2D eigenvalue weighted by atomic mass is 9.78. The molecule has 0 radical (unpaired) electrons. The number of phenols is 2. The highest BCUT2D eigenvalue weighted by atomic mass is 32.2. The van der Waals surface area contributed by atoms with E-state index in [1.807, 2.05) is 17.9 Å². The fraction of sp³-hybridized carbons (Fsp3) is 0.474. The van der Waals surface area contributed by atoms with Gasteiger partial charge < -0.3 is 59.5 Å². The molecule has 16 heteroatoms. The van der Waals surface area contributed by atoms with Crippen LogP contribution in [0.1, 0.15) is 73.6 Å². The lowest BCUT2D eigenvalue weighted by molar-refractivity contribution is -0.183. The number of fused-ring (bicyclic) bond motifs is 8. The average Bonchev–Trinajstić information content (AvgIpc) is 3.53. The second-order valence-corrected chi connectivity index (χ2v) is 15.4. The fourth-order valence-electron chi connectivity index (χ4n) is 9.03. The zero-order valence-corrected chi connectivity index (χ0v) is 31.3. The summed E-state index contributed by atoms with van der Waals surface area (Å²) in [4.78, 5) is 29.0. The van der Waals surface area contributed by atoms with Crippen LogP contribution in [-0.2, 0) is 22.4 Å². The number of aryl methyl sites for hydroxylation is 1. The Morgan fingerprint density at radius 2 is 1.80 bits per heavy atom. The normalized spacial score (nSPS) is 28.1.